The minimum atomic E-state index is -0.474. The van der Waals surface area contributed by atoms with Crippen molar-refractivity contribution >= 4 is 11.9 Å². The zero-order chi connectivity index (χ0) is 19.4. The summed E-state index contributed by atoms with van der Waals surface area (Å²) in [5, 5.41) is 7.43. The second kappa shape index (κ2) is 8.11. The molecule has 0 spiro atoms. The molecule has 1 N–H and O–H groups in total. The first-order chi connectivity index (χ1) is 13.1. The lowest BCUT2D eigenvalue weighted by molar-refractivity contribution is -0.139. The Labute approximate surface area is 158 Å². The number of fused-ring (bicyclic) bond motifs is 1. The first-order valence-electron chi connectivity index (χ1n) is 8.87. The van der Waals surface area contributed by atoms with Crippen molar-refractivity contribution in [2.75, 3.05) is 26.1 Å². The first-order valence-corrected chi connectivity index (χ1v) is 8.87. The predicted molar refractivity (Wildman–Crippen MR) is 99.9 cm³/mol. The molecule has 1 aliphatic rings. The first kappa shape index (κ1) is 18.8. The third-order valence-corrected chi connectivity index (χ3v) is 4.47. The average molecular weight is 372 g/mol. The lowest BCUT2D eigenvalue weighted by Gasteiger charge is -2.28. The van der Waals surface area contributed by atoms with Crippen LogP contribution in [0.15, 0.2) is 35.8 Å². The quantitative estimate of drug-likeness (QED) is 0.590. The van der Waals surface area contributed by atoms with E-state index in [9.17, 15) is 4.79 Å². The molecule has 0 saturated heterocycles. The van der Waals surface area contributed by atoms with Crippen LogP contribution < -0.4 is 14.8 Å². The average Bonchev–Trinajstić information content (AvgIpc) is 3.14. The van der Waals surface area contributed by atoms with Crippen LogP contribution in [-0.2, 0) is 9.53 Å². The van der Waals surface area contributed by atoms with E-state index in [0.717, 1.165) is 18.4 Å². The zero-order valence-electron chi connectivity index (χ0n) is 16.0. The number of aromatic nitrogens is 3. The van der Waals surface area contributed by atoms with Crippen molar-refractivity contribution in [3.05, 3.63) is 41.4 Å². The molecule has 1 aromatic carbocycles. The predicted octanol–water partition coefficient (Wildman–Crippen LogP) is 2.93. The van der Waals surface area contributed by atoms with E-state index in [2.05, 4.69) is 22.3 Å². The Hall–Kier alpha value is -3.03. The molecule has 8 nitrogen and oxygen atoms in total. The van der Waals surface area contributed by atoms with Gasteiger partial charge in [0, 0.05) is 5.70 Å². The number of anilines is 1. The van der Waals surface area contributed by atoms with E-state index < -0.39 is 6.04 Å². The zero-order valence-corrected chi connectivity index (χ0v) is 16.0. The van der Waals surface area contributed by atoms with E-state index in [1.54, 1.807) is 18.9 Å². The molecule has 0 saturated carbocycles. The number of ether oxygens (including phenoxy) is 3. The fourth-order valence-corrected chi connectivity index (χ4v) is 3.07. The summed E-state index contributed by atoms with van der Waals surface area (Å²) in [6, 6.07) is 5.06. The molecular formula is C19H24N4O4. The lowest BCUT2D eigenvalue weighted by atomic mass is 9.95. The second-order valence-electron chi connectivity index (χ2n) is 6.20. The summed E-state index contributed by atoms with van der Waals surface area (Å²) in [6.45, 7) is 4.27. The number of methoxy groups -OCH3 is 2. The van der Waals surface area contributed by atoms with Crippen molar-refractivity contribution < 1.29 is 19.0 Å². The van der Waals surface area contributed by atoms with Gasteiger partial charge in [-0.05, 0) is 31.0 Å². The van der Waals surface area contributed by atoms with Crippen LogP contribution in [0.5, 0.6) is 11.5 Å². The maximum atomic E-state index is 12.8. The van der Waals surface area contributed by atoms with Crippen molar-refractivity contribution in [2.24, 2.45) is 0 Å². The fourth-order valence-electron chi connectivity index (χ4n) is 3.07. The minimum absolute atomic E-state index is 0.366. The van der Waals surface area contributed by atoms with E-state index in [-0.39, 0.29) is 5.97 Å². The summed E-state index contributed by atoms with van der Waals surface area (Å²) in [5.74, 6) is 1.39. The highest BCUT2D eigenvalue weighted by molar-refractivity contribution is 5.92. The Bertz CT molecular complexity index is 859. The molecule has 0 bridgehead atoms. The molecule has 0 unspecified atom stereocenters. The standard InChI is InChI=1S/C19H24N4O4/c1-5-6-9-27-18(24)16-12(2)22-19-20-11-21-23(19)17(16)13-7-8-14(25-3)15(10-13)26-4/h7-8,10-11,17H,5-6,9H2,1-4H3,(H,20,21,22)/t17-/m1/s1. The number of hydrogen-bond donors (Lipinski definition) is 1. The van der Waals surface area contributed by atoms with Crippen LogP contribution in [0.25, 0.3) is 0 Å². The third kappa shape index (κ3) is 3.60. The van der Waals surface area contributed by atoms with Crippen molar-refractivity contribution in [2.45, 2.75) is 32.7 Å². The molecule has 0 radical (unpaired) electrons. The fraction of sp³-hybridized carbons (Fsp3) is 0.421. The number of nitrogens with one attached hydrogen (secondary N) is 1. The van der Waals surface area contributed by atoms with Gasteiger partial charge < -0.3 is 19.5 Å². The van der Waals surface area contributed by atoms with Gasteiger partial charge in [-0.3, -0.25) is 0 Å². The van der Waals surface area contributed by atoms with Gasteiger partial charge in [-0.2, -0.15) is 10.1 Å². The van der Waals surface area contributed by atoms with Crippen molar-refractivity contribution in [3.8, 4) is 11.5 Å². The number of carbonyl (C=O) groups excluding carboxylic acids is 1. The van der Waals surface area contributed by atoms with Gasteiger partial charge in [0.25, 0.3) is 0 Å². The SMILES string of the molecule is CCCCOC(=O)C1=C(C)Nc2ncnn2[C@@H]1c1ccc(OC)c(OC)c1. The van der Waals surface area contributed by atoms with Crippen LogP contribution >= 0.6 is 0 Å². The highest BCUT2D eigenvalue weighted by Crippen LogP contribution is 2.38. The van der Waals surface area contributed by atoms with Gasteiger partial charge >= 0.3 is 5.97 Å². The Morgan fingerprint density at radius 1 is 1.26 bits per heavy atom. The Kier molecular flexibility index (Phi) is 5.63. The maximum Gasteiger partial charge on any atom is 0.338 e. The maximum absolute atomic E-state index is 12.8. The molecule has 0 amide bonds. The van der Waals surface area contributed by atoms with Gasteiger partial charge in [-0.25, -0.2) is 9.48 Å². The summed E-state index contributed by atoms with van der Waals surface area (Å²) < 4.78 is 17.9. The summed E-state index contributed by atoms with van der Waals surface area (Å²) in [5.41, 5.74) is 2.01. The van der Waals surface area contributed by atoms with Crippen LogP contribution in [-0.4, -0.2) is 41.6 Å². The second-order valence-corrected chi connectivity index (χ2v) is 6.20. The number of nitrogens with zero attached hydrogens (tertiary/aromatic N) is 3. The van der Waals surface area contributed by atoms with Crippen LogP contribution in [0.2, 0.25) is 0 Å². The number of benzene rings is 1. The Morgan fingerprint density at radius 3 is 2.74 bits per heavy atom. The van der Waals surface area contributed by atoms with Gasteiger partial charge in [-0.15, -0.1) is 0 Å². The number of rotatable bonds is 7. The molecule has 2 aromatic rings. The van der Waals surface area contributed by atoms with Gasteiger partial charge in [0.2, 0.25) is 5.95 Å². The molecule has 1 aliphatic heterocycles. The summed E-state index contributed by atoms with van der Waals surface area (Å²) >= 11 is 0. The molecule has 1 atom stereocenters. The van der Waals surface area contributed by atoms with E-state index in [4.69, 9.17) is 14.2 Å². The van der Waals surface area contributed by atoms with E-state index in [0.29, 0.717) is 35.3 Å². The number of carbonyl (C=O) groups is 1. The lowest BCUT2D eigenvalue weighted by Crippen LogP contribution is -2.29. The normalized spacial score (nSPS) is 15.8. The monoisotopic (exact) mass is 372 g/mol. The van der Waals surface area contributed by atoms with Crippen LogP contribution in [0, 0.1) is 0 Å². The minimum Gasteiger partial charge on any atom is -0.493 e. The molecule has 0 aliphatic carbocycles. The van der Waals surface area contributed by atoms with Gasteiger partial charge in [-0.1, -0.05) is 19.4 Å². The van der Waals surface area contributed by atoms with Gasteiger partial charge in [0.1, 0.15) is 12.4 Å². The summed E-state index contributed by atoms with van der Waals surface area (Å²) in [4.78, 5) is 17.1. The van der Waals surface area contributed by atoms with Gasteiger partial charge in [0.15, 0.2) is 11.5 Å². The van der Waals surface area contributed by atoms with E-state index in [1.165, 1.54) is 6.33 Å². The van der Waals surface area contributed by atoms with E-state index >= 15 is 0 Å². The van der Waals surface area contributed by atoms with Crippen molar-refractivity contribution in [3.63, 3.8) is 0 Å². The molecular weight excluding hydrogens is 348 g/mol. The van der Waals surface area contributed by atoms with Crippen LogP contribution in [0.3, 0.4) is 0 Å². The van der Waals surface area contributed by atoms with Crippen molar-refractivity contribution in [1.29, 1.82) is 0 Å². The molecule has 0 fully saturated rings. The molecule has 27 heavy (non-hydrogen) atoms. The highest BCUT2D eigenvalue weighted by Gasteiger charge is 2.34. The number of unbranched alkanes of at least 4 members (excludes halogenated alkanes) is 1. The molecule has 8 heteroatoms. The van der Waals surface area contributed by atoms with Crippen LogP contribution in [0.4, 0.5) is 5.95 Å². The molecule has 144 valence electrons. The summed E-state index contributed by atoms with van der Waals surface area (Å²) in [6.07, 6.45) is 3.23. The number of hydrogen-bond acceptors (Lipinski definition) is 7. The van der Waals surface area contributed by atoms with Gasteiger partial charge in [0.05, 0.1) is 26.4 Å². The Balaban J connectivity index is 2.05. The number of esters is 1. The summed E-state index contributed by atoms with van der Waals surface area (Å²) in [7, 11) is 3.16. The third-order valence-electron chi connectivity index (χ3n) is 4.47. The topological polar surface area (TPSA) is 87.5 Å². The smallest absolute Gasteiger partial charge is 0.338 e. The Morgan fingerprint density at radius 2 is 2.04 bits per heavy atom. The van der Waals surface area contributed by atoms with Crippen molar-refractivity contribution in [1.82, 2.24) is 14.8 Å². The van der Waals surface area contributed by atoms with Crippen LogP contribution in [0.1, 0.15) is 38.3 Å². The molecule has 3 rings (SSSR count). The largest absolute Gasteiger partial charge is 0.493 e. The van der Waals surface area contributed by atoms with E-state index in [1.807, 2.05) is 25.1 Å². The number of allylic oxidation sites excluding steroid dienone is 1. The molecule has 2 heterocycles. The highest BCUT2D eigenvalue weighted by atomic mass is 16.5. The molecule has 1 aromatic heterocycles.